The van der Waals surface area contributed by atoms with Crippen LogP contribution in [-0.2, 0) is 0 Å². The minimum Gasteiger partial charge on any atom is -0.247 e. The molecule has 5 atom stereocenters. The van der Waals surface area contributed by atoms with E-state index in [-0.39, 0.29) is 6.17 Å². The Labute approximate surface area is 48.1 Å². The van der Waals surface area contributed by atoms with Gasteiger partial charge < -0.3 is 0 Å². The molecule has 4 rings (SSSR count). The van der Waals surface area contributed by atoms with Gasteiger partial charge in [-0.25, -0.2) is 4.39 Å². The topological polar surface area (TPSA) is 0 Å². The molecule has 0 aromatic rings. The Morgan fingerprint density at radius 3 is 1.88 bits per heavy atom. The third kappa shape index (κ3) is 0.214. The largest absolute Gasteiger partial charge is 0.247 e. The molecule has 0 radical (unpaired) electrons. The van der Waals surface area contributed by atoms with E-state index in [0.717, 1.165) is 11.8 Å². The molecule has 4 bridgehead atoms. The third-order valence-corrected chi connectivity index (χ3v) is 3.37. The van der Waals surface area contributed by atoms with Crippen molar-refractivity contribution in [1.82, 2.24) is 0 Å². The van der Waals surface area contributed by atoms with Gasteiger partial charge in [0.25, 0.3) is 0 Å². The van der Waals surface area contributed by atoms with E-state index in [1.165, 1.54) is 12.8 Å². The number of hydrogen-bond acceptors (Lipinski definition) is 0. The molecule has 4 saturated carbocycles. The lowest BCUT2D eigenvalue weighted by molar-refractivity contribution is 0.271. The molecule has 0 aromatic carbocycles. The van der Waals surface area contributed by atoms with Crippen LogP contribution in [0.15, 0.2) is 0 Å². The van der Waals surface area contributed by atoms with Crippen molar-refractivity contribution in [3.05, 3.63) is 0 Å². The second-order valence-electron chi connectivity index (χ2n) is 3.58. The van der Waals surface area contributed by atoms with E-state index in [2.05, 4.69) is 0 Å². The molecule has 0 amide bonds. The Kier molecular flexibility index (Phi) is 0.410. The summed E-state index contributed by atoms with van der Waals surface area (Å²) in [7, 11) is 0. The minimum atomic E-state index is -0.370. The van der Waals surface area contributed by atoms with Crippen LogP contribution in [0.2, 0.25) is 0 Å². The lowest BCUT2D eigenvalue weighted by Gasteiger charge is -2.00. The molecule has 0 heterocycles. The highest BCUT2D eigenvalue weighted by atomic mass is 19.1. The Morgan fingerprint density at radius 2 is 1.75 bits per heavy atom. The van der Waals surface area contributed by atoms with Gasteiger partial charge >= 0.3 is 0 Å². The molecule has 0 N–H and O–H groups in total. The number of rotatable bonds is 0. The van der Waals surface area contributed by atoms with Gasteiger partial charge in [0.05, 0.1) is 0 Å². The summed E-state index contributed by atoms with van der Waals surface area (Å²) >= 11 is 0. The maximum absolute atomic E-state index is 12.8. The minimum absolute atomic E-state index is 0.370. The van der Waals surface area contributed by atoms with Crippen molar-refractivity contribution in [1.29, 1.82) is 0 Å². The zero-order chi connectivity index (χ0) is 5.30. The van der Waals surface area contributed by atoms with Crippen LogP contribution in [-0.4, -0.2) is 6.17 Å². The van der Waals surface area contributed by atoms with E-state index in [1.807, 2.05) is 0 Å². The van der Waals surface area contributed by atoms with Crippen molar-refractivity contribution in [2.24, 2.45) is 23.7 Å². The second-order valence-corrected chi connectivity index (χ2v) is 3.58. The molecule has 3 unspecified atom stereocenters. The predicted molar refractivity (Wildman–Crippen MR) is 28.1 cm³/mol. The zero-order valence-electron chi connectivity index (χ0n) is 4.68. The van der Waals surface area contributed by atoms with Crippen LogP contribution in [0.1, 0.15) is 12.8 Å². The van der Waals surface area contributed by atoms with Gasteiger partial charge in [-0.15, -0.1) is 0 Å². The third-order valence-electron chi connectivity index (χ3n) is 3.37. The van der Waals surface area contributed by atoms with Gasteiger partial charge in [-0.3, -0.25) is 0 Å². The summed E-state index contributed by atoms with van der Waals surface area (Å²) in [5.74, 6) is 2.78. The van der Waals surface area contributed by atoms with E-state index >= 15 is 0 Å². The average Bonchev–Trinajstić information content (AvgIpc) is 2.23. The van der Waals surface area contributed by atoms with Crippen LogP contribution >= 0.6 is 0 Å². The van der Waals surface area contributed by atoms with Gasteiger partial charge in [0.1, 0.15) is 6.17 Å². The highest BCUT2D eigenvalue weighted by Crippen LogP contribution is 2.71. The molecule has 0 aliphatic heterocycles. The lowest BCUT2D eigenvalue weighted by atomic mass is 10.1. The predicted octanol–water partition coefficient (Wildman–Crippen LogP) is 1.61. The molecule has 1 heteroatoms. The molecular weight excluding hydrogens is 103 g/mol. The lowest BCUT2D eigenvalue weighted by Crippen LogP contribution is -2.02. The molecule has 4 aliphatic carbocycles. The molecular formula is C7H9F. The van der Waals surface area contributed by atoms with Crippen LogP contribution in [0.3, 0.4) is 0 Å². The smallest absolute Gasteiger partial charge is 0.106 e. The maximum atomic E-state index is 12.8. The van der Waals surface area contributed by atoms with E-state index in [0.29, 0.717) is 11.8 Å². The molecule has 0 aromatic heterocycles. The Balaban J connectivity index is 2.10. The summed E-state index contributed by atoms with van der Waals surface area (Å²) in [6, 6.07) is 0. The standard InChI is InChI=1S/C7H9F/c8-7-3-1-4-5(2-3)6(4)7/h3-7H,1-2H2/t3?,4-,5?,6?,7+/m0/s1. The first-order valence-electron chi connectivity index (χ1n) is 3.52. The molecule has 0 spiro atoms. The quantitative estimate of drug-likeness (QED) is 0.446. The van der Waals surface area contributed by atoms with Gasteiger partial charge in [0.2, 0.25) is 0 Å². The van der Waals surface area contributed by atoms with Crippen LogP contribution < -0.4 is 0 Å². The van der Waals surface area contributed by atoms with Crippen LogP contribution in [0.4, 0.5) is 4.39 Å². The van der Waals surface area contributed by atoms with Crippen molar-refractivity contribution in [2.75, 3.05) is 0 Å². The fourth-order valence-corrected chi connectivity index (χ4v) is 2.98. The summed E-state index contributed by atoms with van der Waals surface area (Å²) in [4.78, 5) is 0. The zero-order valence-corrected chi connectivity index (χ0v) is 4.68. The van der Waals surface area contributed by atoms with Crippen molar-refractivity contribution in [3.8, 4) is 0 Å². The second kappa shape index (κ2) is 0.850. The van der Waals surface area contributed by atoms with Crippen LogP contribution in [0.25, 0.3) is 0 Å². The molecule has 8 heavy (non-hydrogen) atoms. The number of hydrogen-bond donors (Lipinski definition) is 0. The molecule has 44 valence electrons. The Morgan fingerprint density at radius 1 is 1.12 bits per heavy atom. The summed E-state index contributed by atoms with van der Waals surface area (Å²) in [5.41, 5.74) is 0. The highest BCUT2D eigenvalue weighted by Gasteiger charge is 2.69. The fraction of sp³-hybridized carbons (Fsp3) is 1.00. The Hall–Kier alpha value is -0.0700. The van der Waals surface area contributed by atoms with Gasteiger partial charge in [0, 0.05) is 0 Å². The summed E-state index contributed by atoms with van der Waals surface area (Å²) in [5, 5.41) is 0. The van der Waals surface area contributed by atoms with E-state index in [9.17, 15) is 4.39 Å². The van der Waals surface area contributed by atoms with E-state index < -0.39 is 0 Å². The number of alkyl halides is 1. The van der Waals surface area contributed by atoms with Crippen LogP contribution in [0, 0.1) is 23.7 Å². The van der Waals surface area contributed by atoms with Crippen LogP contribution in [0.5, 0.6) is 0 Å². The molecule has 0 nitrogen and oxygen atoms in total. The van der Waals surface area contributed by atoms with Gasteiger partial charge in [-0.2, -0.15) is 0 Å². The van der Waals surface area contributed by atoms with Crippen molar-refractivity contribution >= 4 is 0 Å². The molecule has 4 aliphatic rings. The van der Waals surface area contributed by atoms with Gasteiger partial charge in [0.15, 0.2) is 0 Å². The van der Waals surface area contributed by atoms with E-state index in [1.54, 1.807) is 0 Å². The average molecular weight is 112 g/mol. The van der Waals surface area contributed by atoms with Gasteiger partial charge in [-0.1, -0.05) is 0 Å². The van der Waals surface area contributed by atoms with Crippen molar-refractivity contribution < 1.29 is 4.39 Å². The monoisotopic (exact) mass is 112 g/mol. The first-order valence-corrected chi connectivity index (χ1v) is 3.52. The van der Waals surface area contributed by atoms with Crippen molar-refractivity contribution in [2.45, 2.75) is 19.0 Å². The van der Waals surface area contributed by atoms with E-state index in [4.69, 9.17) is 0 Å². The fourth-order valence-electron chi connectivity index (χ4n) is 2.98. The molecule has 4 fully saturated rings. The highest BCUT2D eigenvalue weighted by molar-refractivity contribution is 5.16. The summed E-state index contributed by atoms with van der Waals surface area (Å²) < 4.78 is 12.8. The first-order chi connectivity index (χ1) is 3.88. The normalized spacial score (nSPS) is 73.9. The van der Waals surface area contributed by atoms with Gasteiger partial charge in [-0.05, 0) is 36.5 Å². The summed E-state index contributed by atoms with van der Waals surface area (Å²) in [6.07, 6.45) is 2.09. The SMILES string of the molecule is F[C@@H]1C2CC3C1[C@H]3C2. The summed E-state index contributed by atoms with van der Waals surface area (Å²) in [6.45, 7) is 0. The Bertz CT molecular complexity index is 129. The molecule has 0 saturated heterocycles. The van der Waals surface area contributed by atoms with Crippen molar-refractivity contribution in [3.63, 3.8) is 0 Å². The number of halogens is 1. The first kappa shape index (κ1) is 3.86. The maximum Gasteiger partial charge on any atom is 0.106 e.